The molecule has 0 saturated carbocycles. The summed E-state index contributed by atoms with van der Waals surface area (Å²) in [5.41, 5.74) is 2.44. The lowest BCUT2D eigenvalue weighted by molar-refractivity contribution is 0.0697. The first-order chi connectivity index (χ1) is 18.5. The van der Waals surface area contributed by atoms with Gasteiger partial charge in [0.1, 0.15) is 16.6 Å². The van der Waals surface area contributed by atoms with Crippen LogP contribution >= 0.6 is 0 Å². The molecule has 198 valence electrons. The summed E-state index contributed by atoms with van der Waals surface area (Å²) < 4.78 is 12.0. The standard InChI is InChI=1S/C27H22N2O5.C2H6.CH4O/c1-3-28-15-9-11-19-21(13-15)33-25-20-12-10-16(29-4-2)14-22(20)34-27(32)24(25)23(19)17-7-5-6-8-18(17)26(30)31;2*1-2/h5-14,28H,3-4H2,1-2H3,(H,30,31);1-2H3;2H,1H3. The van der Waals surface area contributed by atoms with Crippen molar-refractivity contribution >= 4 is 44.6 Å². The molecule has 2 heterocycles. The average molecular weight is 517 g/mol. The van der Waals surface area contributed by atoms with Gasteiger partial charge in [-0.1, -0.05) is 32.0 Å². The number of nitrogens with one attached hydrogen (secondary N) is 1. The Labute approximate surface area is 219 Å². The number of hydrogen-bond acceptors (Lipinski definition) is 7. The quantitative estimate of drug-likeness (QED) is 0.148. The molecule has 5 aromatic rings. The Balaban J connectivity index is 0.000000956. The van der Waals surface area contributed by atoms with Gasteiger partial charge in [-0.15, -0.1) is 0 Å². The Kier molecular flexibility index (Phi) is 9.40. The number of aliphatic hydroxyl groups is 1. The van der Waals surface area contributed by atoms with E-state index in [-0.39, 0.29) is 10.9 Å². The smallest absolute Gasteiger partial charge is 0.348 e. The van der Waals surface area contributed by atoms with Gasteiger partial charge in [0.25, 0.3) is 0 Å². The van der Waals surface area contributed by atoms with Crippen LogP contribution in [0.25, 0.3) is 44.0 Å². The molecule has 8 heteroatoms. The second kappa shape index (κ2) is 12.7. The number of anilines is 1. The number of aromatic carboxylic acids is 1. The Bertz CT molecular complexity index is 1720. The van der Waals surface area contributed by atoms with E-state index in [0.717, 1.165) is 19.3 Å². The number of rotatable bonds is 5. The molecule has 0 amide bonds. The Morgan fingerprint density at radius 2 is 1.61 bits per heavy atom. The summed E-state index contributed by atoms with van der Waals surface area (Å²) in [6.07, 6.45) is 0. The molecule has 2 aromatic heterocycles. The number of aliphatic hydroxyl groups excluding tert-OH is 1. The average Bonchev–Trinajstić information content (AvgIpc) is 2.94. The maximum atomic E-state index is 13.3. The lowest BCUT2D eigenvalue weighted by Crippen LogP contribution is -2.07. The van der Waals surface area contributed by atoms with Gasteiger partial charge in [0.15, 0.2) is 5.58 Å². The van der Waals surface area contributed by atoms with E-state index in [1.54, 1.807) is 24.3 Å². The van der Waals surface area contributed by atoms with E-state index < -0.39 is 11.6 Å². The molecule has 0 saturated heterocycles. The van der Waals surface area contributed by atoms with E-state index in [2.05, 4.69) is 10.3 Å². The van der Waals surface area contributed by atoms with Crippen LogP contribution in [0.3, 0.4) is 0 Å². The third-order valence-corrected chi connectivity index (χ3v) is 5.71. The molecular weight excluding hydrogens is 484 g/mol. The van der Waals surface area contributed by atoms with Gasteiger partial charge in [-0.2, -0.15) is 0 Å². The van der Waals surface area contributed by atoms with Crippen LogP contribution in [0.4, 0.5) is 5.69 Å². The van der Waals surface area contributed by atoms with Crippen LogP contribution in [0.2, 0.25) is 0 Å². The van der Waals surface area contributed by atoms with Gasteiger partial charge in [-0.25, -0.2) is 9.59 Å². The van der Waals surface area contributed by atoms with Crippen molar-refractivity contribution in [2.45, 2.75) is 27.7 Å². The molecule has 0 aliphatic carbocycles. The number of fused-ring (bicyclic) bond motifs is 4. The van der Waals surface area contributed by atoms with Crippen LogP contribution in [-0.2, 0) is 0 Å². The third-order valence-electron chi connectivity index (χ3n) is 5.71. The Morgan fingerprint density at radius 1 is 0.921 bits per heavy atom. The molecular formula is C30H32N2O6. The Hall–Kier alpha value is -4.43. The van der Waals surface area contributed by atoms with Gasteiger partial charge in [0, 0.05) is 49.0 Å². The molecule has 0 aliphatic heterocycles. The van der Waals surface area contributed by atoms with Crippen molar-refractivity contribution in [2.24, 2.45) is 4.99 Å². The van der Waals surface area contributed by atoms with Crippen molar-refractivity contribution in [3.8, 4) is 11.1 Å². The fourth-order valence-corrected chi connectivity index (χ4v) is 4.30. The number of hydrogen-bond donors (Lipinski definition) is 3. The molecule has 0 spiro atoms. The molecule has 0 fully saturated rings. The summed E-state index contributed by atoms with van der Waals surface area (Å²) in [6, 6.07) is 17.5. The summed E-state index contributed by atoms with van der Waals surface area (Å²) in [5.74, 6) is -1.09. The molecule has 3 N–H and O–H groups in total. The van der Waals surface area contributed by atoms with E-state index in [1.807, 2.05) is 58.0 Å². The predicted molar refractivity (Wildman–Crippen MR) is 152 cm³/mol. The summed E-state index contributed by atoms with van der Waals surface area (Å²) in [6.45, 7) is 9.25. The highest BCUT2D eigenvalue weighted by Gasteiger charge is 2.22. The fourth-order valence-electron chi connectivity index (χ4n) is 4.30. The third kappa shape index (κ3) is 5.31. The second-order valence-electron chi connectivity index (χ2n) is 7.82. The minimum Gasteiger partial charge on any atom is -0.478 e. The van der Waals surface area contributed by atoms with Crippen LogP contribution < -0.4 is 16.3 Å². The number of nitrogens with zero attached hydrogens (tertiary/aromatic N) is 1. The van der Waals surface area contributed by atoms with Crippen molar-refractivity contribution in [1.82, 2.24) is 0 Å². The lowest BCUT2D eigenvalue weighted by atomic mass is 9.93. The van der Waals surface area contributed by atoms with Gasteiger partial charge in [-0.3, -0.25) is 4.99 Å². The van der Waals surface area contributed by atoms with E-state index in [9.17, 15) is 14.7 Å². The zero-order valence-electron chi connectivity index (χ0n) is 22.2. The van der Waals surface area contributed by atoms with E-state index in [0.29, 0.717) is 50.6 Å². The van der Waals surface area contributed by atoms with Crippen molar-refractivity contribution in [3.63, 3.8) is 0 Å². The minimum absolute atomic E-state index is 0.0867. The molecule has 0 radical (unpaired) electrons. The largest absolute Gasteiger partial charge is 0.478 e. The fraction of sp³-hybridized carbons (Fsp3) is 0.233. The zero-order chi connectivity index (χ0) is 27.8. The normalized spacial score (nSPS) is 11.1. The van der Waals surface area contributed by atoms with Crippen molar-refractivity contribution < 1.29 is 23.8 Å². The number of benzene rings is 3. The topological polar surface area (TPSA) is 125 Å². The molecule has 8 nitrogen and oxygen atoms in total. The maximum absolute atomic E-state index is 13.3. The first kappa shape index (κ1) is 28.1. The molecule has 3 aromatic carbocycles. The van der Waals surface area contributed by atoms with E-state index >= 15 is 0 Å². The zero-order valence-corrected chi connectivity index (χ0v) is 22.2. The first-order valence-corrected chi connectivity index (χ1v) is 12.5. The van der Waals surface area contributed by atoms with Crippen LogP contribution in [0.15, 0.2) is 79.3 Å². The van der Waals surface area contributed by atoms with E-state index in [1.165, 1.54) is 6.07 Å². The van der Waals surface area contributed by atoms with Crippen LogP contribution in [0, 0.1) is 0 Å². The van der Waals surface area contributed by atoms with Crippen LogP contribution in [-0.4, -0.2) is 36.4 Å². The van der Waals surface area contributed by atoms with Gasteiger partial charge in [0.05, 0.1) is 16.3 Å². The number of carboxylic acid groups (broad SMARTS) is 1. The van der Waals surface area contributed by atoms with Crippen molar-refractivity contribution in [2.75, 3.05) is 25.5 Å². The monoisotopic (exact) mass is 516 g/mol. The number of carbonyl (C=O) groups is 1. The predicted octanol–water partition coefficient (Wildman–Crippen LogP) is 6.04. The highest BCUT2D eigenvalue weighted by atomic mass is 16.4. The van der Waals surface area contributed by atoms with Gasteiger partial charge in [0.2, 0.25) is 0 Å². The van der Waals surface area contributed by atoms with Gasteiger partial charge >= 0.3 is 11.6 Å². The SMILES string of the molecule is CC.CCN=c1ccc2c(c1)oc(=O)c1c(-c3ccccc3C(=O)O)c3ccc(NCC)cc3oc12.CO. The summed E-state index contributed by atoms with van der Waals surface area (Å²) in [5, 5.41) is 22.2. The summed E-state index contributed by atoms with van der Waals surface area (Å²) in [4.78, 5) is 29.8. The Morgan fingerprint density at radius 3 is 2.29 bits per heavy atom. The summed E-state index contributed by atoms with van der Waals surface area (Å²) >= 11 is 0. The van der Waals surface area contributed by atoms with E-state index in [4.69, 9.17) is 13.9 Å². The van der Waals surface area contributed by atoms with Crippen molar-refractivity contribution in [1.29, 1.82) is 0 Å². The highest BCUT2D eigenvalue weighted by molar-refractivity contribution is 6.16. The first-order valence-electron chi connectivity index (χ1n) is 12.5. The molecule has 0 atom stereocenters. The maximum Gasteiger partial charge on any atom is 0.348 e. The van der Waals surface area contributed by atoms with Crippen LogP contribution in [0.5, 0.6) is 0 Å². The summed E-state index contributed by atoms with van der Waals surface area (Å²) in [7, 11) is 1.00. The molecule has 0 bridgehead atoms. The van der Waals surface area contributed by atoms with Crippen molar-refractivity contribution in [3.05, 3.63) is 82.0 Å². The van der Waals surface area contributed by atoms with Crippen LogP contribution in [0.1, 0.15) is 38.1 Å². The highest BCUT2D eigenvalue weighted by Crippen LogP contribution is 2.39. The molecule has 38 heavy (non-hydrogen) atoms. The molecule has 0 aliphatic rings. The van der Waals surface area contributed by atoms with Gasteiger partial charge < -0.3 is 24.4 Å². The lowest BCUT2D eigenvalue weighted by Gasteiger charge is -2.14. The van der Waals surface area contributed by atoms with Gasteiger partial charge in [-0.05, 0) is 49.7 Å². The second-order valence-corrected chi connectivity index (χ2v) is 7.82. The minimum atomic E-state index is -1.09. The molecule has 5 rings (SSSR count). The molecule has 0 unspecified atom stereocenters. The number of carboxylic acids is 1.